The van der Waals surface area contributed by atoms with E-state index in [0.29, 0.717) is 41.7 Å². The second-order valence-corrected chi connectivity index (χ2v) is 7.35. The van der Waals surface area contributed by atoms with Crippen LogP contribution in [0.5, 0.6) is 11.5 Å². The lowest BCUT2D eigenvalue weighted by atomic mass is 9.96. The molecule has 1 saturated heterocycles. The molecule has 1 N–H and O–H groups in total. The maximum absolute atomic E-state index is 12.8. The first-order valence-electron chi connectivity index (χ1n) is 9.56. The van der Waals surface area contributed by atoms with Crippen molar-refractivity contribution in [3.63, 3.8) is 0 Å². The van der Waals surface area contributed by atoms with Crippen molar-refractivity contribution in [2.24, 2.45) is 5.92 Å². The summed E-state index contributed by atoms with van der Waals surface area (Å²) in [4.78, 5) is 27.3. The van der Waals surface area contributed by atoms with E-state index >= 15 is 0 Å². The molecule has 0 radical (unpaired) electrons. The van der Waals surface area contributed by atoms with Gasteiger partial charge in [0.05, 0.1) is 30.7 Å². The van der Waals surface area contributed by atoms with Crippen LogP contribution in [0.3, 0.4) is 0 Å². The van der Waals surface area contributed by atoms with Crippen molar-refractivity contribution in [3.8, 4) is 11.5 Å². The van der Waals surface area contributed by atoms with E-state index in [2.05, 4.69) is 5.32 Å². The maximum atomic E-state index is 12.8. The molecule has 29 heavy (non-hydrogen) atoms. The number of carbonyl (C=O) groups is 2. The fraction of sp³-hybridized carbons (Fsp3) is 0.364. The Bertz CT molecular complexity index is 887. The number of rotatable bonds is 6. The van der Waals surface area contributed by atoms with Gasteiger partial charge in [0.2, 0.25) is 5.91 Å². The molecule has 3 rings (SSSR count). The molecule has 0 unspecified atom stereocenters. The molecule has 1 fully saturated rings. The van der Waals surface area contributed by atoms with Crippen LogP contribution in [0.4, 0.5) is 0 Å². The lowest BCUT2D eigenvalue weighted by Crippen LogP contribution is -2.45. The number of carbonyl (C=O) groups excluding carboxylic acids is 2. The van der Waals surface area contributed by atoms with Crippen molar-refractivity contribution in [2.75, 3.05) is 27.3 Å². The van der Waals surface area contributed by atoms with Crippen LogP contribution in [-0.2, 0) is 11.3 Å². The molecule has 154 valence electrons. The van der Waals surface area contributed by atoms with Crippen molar-refractivity contribution in [2.45, 2.75) is 19.4 Å². The average molecular weight is 417 g/mol. The first-order chi connectivity index (χ1) is 14.0. The van der Waals surface area contributed by atoms with E-state index in [1.165, 1.54) is 0 Å². The number of nitrogens with zero attached hydrogens (tertiary/aromatic N) is 1. The normalized spacial score (nSPS) is 16.2. The smallest absolute Gasteiger partial charge is 0.255 e. The van der Waals surface area contributed by atoms with Crippen LogP contribution in [0.15, 0.2) is 42.5 Å². The van der Waals surface area contributed by atoms with Gasteiger partial charge in [-0.3, -0.25) is 9.59 Å². The lowest BCUT2D eigenvalue weighted by Gasteiger charge is -2.32. The van der Waals surface area contributed by atoms with Crippen molar-refractivity contribution >= 4 is 23.4 Å². The molecule has 2 aromatic carbocycles. The molecule has 2 aromatic rings. The van der Waals surface area contributed by atoms with E-state index in [9.17, 15) is 9.59 Å². The summed E-state index contributed by atoms with van der Waals surface area (Å²) in [5, 5.41) is 3.39. The van der Waals surface area contributed by atoms with Crippen molar-refractivity contribution in [3.05, 3.63) is 58.6 Å². The Labute approximate surface area is 175 Å². The first-order valence-corrected chi connectivity index (χ1v) is 9.94. The number of hydrogen-bond acceptors (Lipinski definition) is 4. The second-order valence-electron chi connectivity index (χ2n) is 6.94. The Hall–Kier alpha value is -2.73. The maximum Gasteiger partial charge on any atom is 0.255 e. The number of nitrogens with one attached hydrogen (secondary N) is 1. The third kappa shape index (κ3) is 4.82. The van der Waals surface area contributed by atoms with E-state index in [4.69, 9.17) is 21.1 Å². The summed E-state index contributed by atoms with van der Waals surface area (Å²) in [6.07, 6.45) is 1.52. The van der Waals surface area contributed by atoms with Gasteiger partial charge in [-0.1, -0.05) is 35.9 Å². The Morgan fingerprint density at radius 1 is 1.14 bits per heavy atom. The topological polar surface area (TPSA) is 67.9 Å². The van der Waals surface area contributed by atoms with Gasteiger partial charge in [-0.2, -0.15) is 0 Å². The van der Waals surface area contributed by atoms with Crippen molar-refractivity contribution in [1.82, 2.24) is 10.2 Å². The summed E-state index contributed by atoms with van der Waals surface area (Å²) in [5.74, 6) is 0.754. The summed E-state index contributed by atoms with van der Waals surface area (Å²) in [5.41, 5.74) is 1.30. The number of para-hydroxylation sites is 1. The average Bonchev–Trinajstić information content (AvgIpc) is 2.77. The number of halogens is 1. The second kappa shape index (κ2) is 9.65. The summed E-state index contributed by atoms with van der Waals surface area (Å²) in [6.45, 7) is 1.33. The zero-order valence-corrected chi connectivity index (χ0v) is 17.4. The summed E-state index contributed by atoms with van der Waals surface area (Å²) in [7, 11) is 3.15. The zero-order chi connectivity index (χ0) is 20.8. The van der Waals surface area contributed by atoms with Crippen LogP contribution in [-0.4, -0.2) is 44.0 Å². The number of benzene rings is 2. The fourth-order valence-electron chi connectivity index (χ4n) is 3.60. The third-order valence-corrected chi connectivity index (χ3v) is 5.45. The molecular formula is C22H25ClN2O4. The first kappa shape index (κ1) is 21.0. The van der Waals surface area contributed by atoms with E-state index in [1.807, 2.05) is 18.2 Å². The molecule has 0 aromatic heterocycles. The minimum absolute atomic E-state index is 0.0773. The van der Waals surface area contributed by atoms with Crippen LogP contribution in [0.1, 0.15) is 28.8 Å². The van der Waals surface area contributed by atoms with Gasteiger partial charge in [-0.05, 0) is 31.0 Å². The van der Waals surface area contributed by atoms with Crippen LogP contribution in [0.2, 0.25) is 5.02 Å². The van der Waals surface area contributed by atoms with Gasteiger partial charge >= 0.3 is 0 Å². The SMILES string of the molecule is COc1cccc(CNC(=O)[C@@H]2CCCN(C(=O)c3ccccc3Cl)C2)c1OC. The minimum atomic E-state index is -0.258. The molecule has 6 nitrogen and oxygen atoms in total. The number of ether oxygens (including phenoxy) is 2. The van der Waals surface area contributed by atoms with Crippen LogP contribution < -0.4 is 14.8 Å². The molecule has 1 aliphatic heterocycles. The molecule has 0 saturated carbocycles. The molecule has 7 heteroatoms. The van der Waals surface area contributed by atoms with E-state index in [1.54, 1.807) is 43.4 Å². The van der Waals surface area contributed by atoms with E-state index in [0.717, 1.165) is 18.4 Å². The molecule has 0 bridgehead atoms. The minimum Gasteiger partial charge on any atom is -0.493 e. The summed E-state index contributed by atoms with van der Waals surface area (Å²) >= 11 is 6.16. The monoisotopic (exact) mass is 416 g/mol. The third-order valence-electron chi connectivity index (χ3n) is 5.12. The van der Waals surface area contributed by atoms with Gasteiger partial charge in [0.25, 0.3) is 5.91 Å². The van der Waals surface area contributed by atoms with Gasteiger partial charge < -0.3 is 19.7 Å². The molecule has 1 aliphatic rings. The predicted molar refractivity (Wildman–Crippen MR) is 111 cm³/mol. The summed E-state index contributed by atoms with van der Waals surface area (Å²) < 4.78 is 10.7. The number of methoxy groups -OCH3 is 2. The molecule has 0 spiro atoms. The molecule has 1 heterocycles. The molecule has 1 atom stereocenters. The molecule has 0 aliphatic carbocycles. The van der Waals surface area contributed by atoms with E-state index < -0.39 is 0 Å². The molecule has 2 amide bonds. The van der Waals surface area contributed by atoms with Gasteiger partial charge in [0.1, 0.15) is 0 Å². The standard InChI is InChI=1S/C22H25ClN2O4/c1-28-19-11-5-7-15(20(19)29-2)13-24-21(26)16-8-6-12-25(14-16)22(27)17-9-3-4-10-18(17)23/h3-5,7,9-11,16H,6,8,12-14H2,1-2H3,(H,24,26)/t16-/m1/s1. The number of hydrogen-bond donors (Lipinski definition) is 1. The highest BCUT2D eigenvalue weighted by Gasteiger charge is 2.29. The Kier molecular flexibility index (Phi) is 6.99. The highest BCUT2D eigenvalue weighted by Crippen LogP contribution is 2.30. The zero-order valence-electron chi connectivity index (χ0n) is 16.6. The summed E-state index contributed by atoms with van der Waals surface area (Å²) in [6, 6.07) is 12.5. The highest BCUT2D eigenvalue weighted by atomic mass is 35.5. The Morgan fingerprint density at radius 3 is 2.66 bits per heavy atom. The van der Waals surface area contributed by atoms with Gasteiger partial charge in [0.15, 0.2) is 11.5 Å². The van der Waals surface area contributed by atoms with Gasteiger partial charge in [0, 0.05) is 25.2 Å². The quantitative estimate of drug-likeness (QED) is 0.782. The van der Waals surface area contributed by atoms with E-state index in [-0.39, 0.29) is 17.7 Å². The van der Waals surface area contributed by atoms with Gasteiger partial charge in [-0.15, -0.1) is 0 Å². The largest absolute Gasteiger partial charge is 0.493 e. The fourth-order valence-corrected chi connectivity index (χ4v) is 3.82. The van der Waals surface area contributed by atoms with Crippen LogP contribution >= 0.6 is 11.6 Å². The van der Waals surface area contributed by atoms with Crippen LogP contribution in [0.25, 0.3) is 0 Å². The Balaban J connectivity index is 1.63. The lowest BCUT2D eigenvalue weighted by molar-refractivity contribution is -0.126. The van der Waals surface area contributed by atoms with Gasteiger partial charge in [-0.25, -0.2) is 0 Å². The van der Waals surface area contributed by atoms with Crippen LogP contribution in [0, 0.1) is 5.92 Å². The number of amides is 2. The highest BCUT2D eigenvalue weighted by molar-refractivity contribution is 6.33. The van der Waals surface area contributed by atoms with Crippen molar-refractivity contribution < 1.29 is 19.1 Å². The Morgan fingerprint density at radius 2 is 1.93 bits per heavy atom. The predicted octanol–water partition coefficient (Wildman–Crippen LogP) is 3.53. The number of piperidine rings is 1. The van der Waals surface area contributed by atoms with Crippen molar-refractivity contribution in [1.29, 1.82) is 0 Å². The number of likely N-dealkylation sites (tertiary alicyclic amines) is 1. The molecular weight excluding hydrogens is 392 g/mol.